The molecule has 1 aliphatic heterocycles. The topological polar surface area (TPSA) is 54.7 Å². The molecule has 29 heavy (non-hydrogen) atoms. The Bertz CT molecular complexity index is 1050. The Morgan fingerprint density at radius 1 is 1.07 bits per heavy atom. The van der Waals surface area contributed by atoms with Crippen LogP contribution >= 0.6 is 0 Å². The standard InChI is InChI=1S/C24H28N2O3/c1-15-10-20(18(4)25-19-8-6-5-7-9-19)24-21(11-15)22(27)12-23(29-24)26-13-16(2)28-17(3)14-26/h5-12,16-18,25H,13-14H2,1-4H3/t16-,17+,18?. The number of para-hydroxylation sites is 1. The molecule has 1 N–H and O–H groups in total. The van der Waals surface area contributed by atoms with Gasteiger partial charge in [0.2, 0.25) is 0 Å². The number of nitrogens with zero attached hydrogens (tertiary/aromatic N) is 1. The van der Waals surface area contributed by atoms with E-state index >= 15 is 0 Å². The zero-order valence-electron chi connectivity index (χ0n) is 17.4. The van der Waals surface area contributed by atoms with Gasteiger partial charge in [-0.15, -0.1) is 0 Å². The second-order valence-electron chi connectivity index (χ2n) is 8.07. The van der Waals surface area contributed by atoms with E-state index in [-0.39, 0.29) is 23.7 Å². The first-order valence-electron chi connectivity index (χ1n) is 10.2. The summed E-state index contributed by atoms with van der Waals surface area (Å²) in [5.74, 6) is 0.613. The molecule has 5 nitrogen and oxygen atoms in total. The quantitative estimate of drug-likeness (QED) is 0.685. The van der Waals surface area contributed by atoms with E-state index in [4.69, 9.17) is 9.15 Å². The minimum Gasteiger partial charge on any atom is -0.440 e. The molecule has 3 aromatic rings. The third kappa shape index (κ3) is 4.15. The van der Waals surface area contributed by atoms with Crippen LogP contribution in [-0.4, -0.2) is 25.3 Å². The van der Waals surface area contributed by atoms with Gasteiger partial charge in [0.1, 0.15) is 5.58 Å². The van der Waals surface area contributed by atoms with Crippen molar-refractivity contribution in [3.63, 3.8) is 0 Å². The maximum Gasteiger partial charge on any atom is 0.200 e. The Morgan fingerprint density at radius 3 is 2.45 bits per heavy atom. The van der Waals surface area contributed by atoms with E-state index in [1.807, 2.05) is 57.2 Å². The Morgan fingerprint density at radius 2 is 1.76 bits per heavy atom. The monoisotopic (exact) mass is 392 g/mol. The van der Waals surface area contributed by atoms with Crippen molar-refractivity contribution in [1.29, 1.82) is 0 Å². The van der Waals surface area contributed by atoms with E-state index in [1.165, 1.54) is 0 Å². The number of fused-ring (bicyclic) bond motifs is 1. The molecule has 2 heterocycles. The molecule has 1 saturated heterocycles. The first-order chi connectivity index (χ1) is 13.9. The molecular formula is C24H28N2O3. The molecule has 0 amide bonds. The van der Waals surface area contributed by atoms with Gasteiger partial charge in [0, 0.05) is 30.4 Å². The van der Waals surface area contributed by atoms with Crippen molar-refractivity contribution in [3.05, 3.63) is 69.9 Å². The number of anilines is 2. The van der Waals surface area contributed by atoms with Crippen LogP contribution in [0.25, 0.3) is 11.0 Å². The maximum absolute atomic E-state index is 13.0. The molecule has 152 valence electrons. The number of nitrogens with one attached hydrogen (secondary N) is 1. The third-order valence-corrected chi connectivity index (χ3v) is 5.34. The fourth-order valence-electron chi connectivity index (χ4n) is 4.12. The lowest BCUT2D eigenvalue weighted by atomic mass is 10.0. The third-order valence-electron chi connectivity index (χ3n) is 5.34. The van der Waals surface area contributed by atoms with Crippen molar-refractivity contribution < 1.29 is 9.15 Å². The largest absolute Gasteiger partial charge is 0.440 e. The van der Waals surface area contributed by atoms with Gasteiger partial charge in [-0.05, 0) is 51.5 Å². The van der Waals surface area contributed by atoms with Crippen LogP contribution in [-0.2, 0) is 4.74 Å². The number of hydrogen-bond donors (Lipinski definition) is 1. The van der Waals surface area contributed by atoms with Crippen molar-refractivity contribution in [2.75, 3.05) is 23.3 Å². The normalized spacial score (nSPS) is 20.6. The molecule has 0 radical (unpaired) electrons. The maximum atomic E-state index is 13.0. The summed E-state index contributed by atoms with van der Waals surface area (Å²) < 4.78 is 12.2. The van der Waals surface area contributed by atoms with Crippen LogP contribution in [0.5, 0.6) is 0 Å². The predicted molar refractivity (Wildman–Crippen MR) is 118 cm³/mol. The molecule has 1 aromatic heterocycles. The van der Waals surface area contributed by atoms with Crippen LogP contribution in [0.1, 0.15) is 37.9 Å². The van der Waals surface area contributed by atoms with E-state index < -0.39 is 0 Å². The molecule has 3 atom stereocenters. The number of aryl methyl sites for hydroxylation is 1. The van der Waals surface area contributed by atoms with Gasteiger partial charge in [-0.2, -0.15) is 0 Å². The van der Waals surface area contributed by atoms with E-state index in [2.05, 4.69) is 23.2 Å². The second kappa shape index (κ2) is 7.91. The first-order valence-corrected chi connectivity index (χ1v) is 10.2. The predicted octanol–water partition coefficient (Wildman–Crippen LogP) is 4.89. The smallest absolute Gasteiger partial charge is 0.200 e. The lowest BCUT2D eigenvalue weighted by Crippen LogP contribution is -2.45. The lowest BCUT2D eigenvalue weighted by molar-refractivity contribution is -0.00638. The van der Waals surface area contributed by atoms with Crippen LogP contribution in [0.15, 0.2) is 57.7 Å². The molecule has 0 saturated carbocycles. The molecule has 0 aliphatic carbocycles. The number of rotatable bonds is 4. The Balaban J connectivity index is 1.77. The van der Waals surface area contributed by atoms with Crippen molar-refractivity contribution in [3.8, 4) is 0 Å². The van der Waals surface area contributed by atoms with Crippen LogP contribution < -0.4 is 15.6 Å². The van der Waals surface area contributed by atoms with E-state index in [1.54, 1.807) is 6.07 Å². The number of morpholine rings is 1. The summed E-state index contributed by atoms with van der Waals surface area (Å²) in [7, 11) is 0. The van der Waals surface area contributed by atoms with Gasteiger partial charge in [0.05, 0.1) is 23.6 Å². The minimum absolute atomic E-state index is 0.00934. The summed E-state index contributed by atoms with van der Waals surface area (Å²) in [4.78, 5) is 15.1. The fourth-order valence-corrected chi connectivity index (χ4v) is 4.12. The molecule has 1 fully saturated rings. The van der Waals surface area contributed by atoms with Crippen molar-refractivity contribution in [2.24, 2.45) is 0 Å². The summed E-state index contributed by atoms with van der Waals surface area (Å²) in [6.07, 6.45) is 0.187. The fraction of sp³-hybridized carbons (Fsp3) is 0.375. The molecule has 1 unspecified atom stereocenters. The van der Waals surface area contributed by atoms with Gasteiger partial charge >= 0.3 is 0 Å². The van der Waals surface area contributed by atoms with Gasteiger partial charge < -0.3 is 19.4 Å². The first kappa shape index (κ1) is 19.5. The summed E-state index contributed by atoms with van der Waals surface area (Å²) in [5.41, 5.74) is 3.70. The van der Waals surface area contributed by atoms with Gasteiger partial charge in [0.25, 0.3) is 0 Å². The zero-order chi connectivity index (χ0) is 20.5. The molecular weight excluding hydrogens is 364 g/mol. The Hall–Kier alpha value is -2.79. The average Bonchev–Trinajstić information content (AvgIpc) is 2.68. The van der Waals surface area contributed by atoms with E-state index in [0.717, 1.165) is 16.8 Å². The van der Waals surface area contributed by atoms with Crippen molar-refractivity contribution in [1.82, 2.24) is 0 Å². The van der Waals surface area contributed by atoms with Crippen LogP contribution in [0.2, 0.25) is 0 Å². The summed E-state index contributed by atoms with van der Waals surface area (Å²) in [5, 5.41) is 4.14. The van der Waals surface area contributed by atoms with Gasteiger partial charge in [-0.1, -0.05) is 24.3 Å². The van der Waals surface area contributed by atoms with Crippen molar-refractivity contribution in [2.45, 2.75) is 45.9 Å². The number of ether oxygens (including phenoxy) is 1. The lowest BCUT2D eigenvalue weighted by Gasteiger charge is -2.35. The Labute approximate surface area is 171 Å². The molecule has 2 aromatic carbocycles. The highest BCUT2D eigenvalue weighted by Crippen LogP contribution is 2.30. The molecule has 0 bridgehead atoms. The zero-order valence-corrected chi connectivity index (χ0v) is 17.4. The highest BCUT2D eigenvalue weighted by atomic mass is 16.5. The van der Waals surface area contributed by atoms with E-state index in [9.17, 15) is 4.79 Å². The second-order valence-corrected chi connectivity index (χ2v) is 8.07. The molecule has 4 rings (SSSR count). The molecule has 5 heteroatoms. The van der Waals surface area contributed by atoms with Crippen LogP contribution in [0.3, 0.4) is 0 Å². The summed E-state index contributed by atoms with van der Waals surface area (Å²) in [6.45, 7) is 9.60. The van der Waals surface area contributed by atoms with Gasteiger partial charge in [-0.25, -0.2) is 0 Å². The highest BCUT2D eigenvalue weighted by molar-refractivity contribution is 5.82. The number of benzene rings is 2. The summed E-state index contributed by atoms with van der Waals surface area (Å²) >= 11 is 0. The van der Waals surface area contributed by atoms with Gasteiger partial charge in [-0.3, -0.25) is 4.79 Å². The van der Waals surface area contributed by atoms with Crippen LogP contribution in [0, 0.1) is 6.92 Å². The minimum atomic E-state index is -0.0132. The number of hydrogen-bond acceptors (Lipinski definition) is 5. The van der Waals surface area contributed by atoms with Gasteiger partial charge in [0.15, 0.2) is 11.3 Å². The van der Waals surface area contributed by atoms with E-state index in [0.29, 0.717) is 29.9 Å². The summed E-state index contributed by atoms with van der Waals surface area (Å²) in [6, 6.07) is 15.7. The van der Waals surface area contributed by atoms with Crippen LogP contribution in [0.4, 0.5) is 11.6 Å². The Kier molecular flexibility index (Phi) is 5.33. The molecule has 0 spiro atoms. The highest BCUT2D eigenvalue weighted by Gasteiger charge is 2.25. The SMILES string of the molecule is Cc1cc(C(C)Nc2ccccc2)c2oc(N3C[C@@H](C)O[C@@H](C)C3)cc(=O)c2c1. The average molecular weight is 392 g/mol. The molecule has 1 aliphatic rings. The van der Waals surface area contributed by atoms with Crippen molar-refractivity contribution >= 4 is 22.5 Å².